The lowest BCUT2D eigenvalue weighted by atomic mass is 10.1. The molecular formula is C16H22ClF3N2O2S2. The second-order valence-electron chi connectivity index (χ2n) is 5.92. The number of rotatable bonds is 10. The molecule has 0 amide bonds. The van der Waals surface area contributed by atoms with E-state index in [1.54, 1.807) is 0 Å². The Morgan fingerprint density at radius 3 is 2.42 bits per heavy atom. The van der Waals surface area contributed by atoms with E-state index in [0.717, 1.165) is 37.5 Å². The van der Waals surface area contributed by atoms with Crippen LogP contribution in [0.2, 0.25) is 5.02 Å². The van der Waals surface area contributed by atoms with Gasteiger partial charge in [0.25, 0.3) is 0 Å². The van der Waals surface area contributed by atoms with Crippen molar-refractivity contribution in [2.45, 2.75) is 44.5 Å². The Hall–Kier alpha value is -0.900. The van der Waals surface area contributed by atoms with Crippen LogP contribution in [-0.4, -0.2) is 30.8 Å². The van der Waals surface area contributed by atoms with Gasteiger partial charge in [-0.1, -0.05) is 56.1 Å². The van der Waals surface area contributed by atoms with Gasteiger partial charge in [-0.25, -0.2) is 8.42 Å². The van der Waals surface area contributed by atoms with Crippen LogP contribution >= 0.6 is 23.8 Å². The molecule has 1 aromatic rings. The van der Waals surface area contributed by atoms with Crippen LogP contribution in [0.3, 0.4) is 0 Å². The molecule has 0 bridgehead atoms. The number of alkyl halides is 3. The van der Waals surface area contributed by atoms with Crippen molar-refractivity contribution in [3.05, 3.63) is 34.3 Å². The molecule has 0 fully saturated rings. The number of nitrogens with zero attached hydrogens (tertiary/aromatic N) is 1. The topological polar surface area (TPSA) is 63.4 Å². The van der Waals surface area contributed by atoms with E-state index in [2.05, 4.69) is 0 Å². The lowest BCUT2D eigenvalue weighted by Crippen LogP contribution is -2.39. The molecule has 0 atom stereocenters. The van der Waals surface area contributed by atoms with E-state index < -0.39 is 27.5 Å². The third-order valence-electron chi connectivity index (χ3n) is 3.70. The van der Waals surface area contributed by atoms with E-state index in [1.165, 1.54) is 4.31 Å². The summed E-state index contributed by atoms with van der Waals surface area (Å²) in [6.07, 6.45) is -1.05. The van der Waals surface area contributed by atoms with Gasteiger partial charge in [0.2, 0.25) is 10.0 Å². The van der Waals surface area contributed by atoms with Gasteiger partial charge in [-0.2, -0.15) is 17.5 Å². The minimum atomic E-state index is -4.54. The fourth-order valence-corrected chi connectivity index (χ4v) is 4.47. The highest BCUT2D eigenvalue weighted by Crippen LogP contribution is 2.32. The second kappa shape index (κ2) is 9.87. The minimum Gasteiger partial charge on any atom is -0.392 e. The molecule has 0 aromatic heterocycles. The van der Waals surface area contributed by atoms with Gasteiger partial charge in [0.15, 0.2) is 0 Å². The molecule has 0 aliphatic carbocycles. The summed E-state index contributed by atoms with van der Waals surface area (Å²) in [6, 6.07) is 2.63. The first kappa shape index (κ1) is 23.1. The molecular weight excluding hydrogens is 409 g/mol. The van der Waals surface area contributed by atoms with Gasteiger partial charge in [-0.05, 0) is 24.1 Å². The Kier molecular flexibility index (Phi) is 8.78. The summed E-state index contributed by atoms with van der Waals surface area (Å²) in [5.74, 6) is -0.514. The molecule has 0 unspecified atom stereocenters. The first-order valence-corrected chi connectivity index (χ1v) is 10.5. The lowest BCUT2D eigenvalue weighted by molar-refractivity contribution is -0.137. The number of unbranched alkanes of at least 4 members (excludes halogenated alkanes) is 3. The van der Waals surface area contributed by atoms with Gasteiger partial charge in [-0.15, -0.1) is 0 Å². The zero-order chi connectivity index (χ0) is 20.0. The Labute approximate surface area is 162 Å². The van der Waals surface area contributed by atoms with Crippen molar-refractivity contribution in [3.8, 4) is 0 Å². The van der Waals surface area contributed by atoms with Crippen molar-refractivity contribution in [1.82, 2.24) is 4.31 Å². The molecule has 1 rings (SSSR count). The molecule has 0 saturated heterocycles. The van der Waals surface area contributed by atoms with Gasteiger partial charge in [0, 0.05) is 11.6 Å². The Morgan fingerprint density at radius 2 is 1.92 bits per heavy atom. The molecule has 1 aromatic carbocycles. The monoisotopic (exact) mass is 430 g/mol. The number of halogens is 4. The van der Waals surface area contributed by atoms with Gasteiger partial charge in [0.1, 0.15) is 0 Å². The van der Waals surface area contributed by atoms with E-state index in [9.17, 15) is 21.6 Å². The van der Waals surface area contributed by atoms with E-state index >= 15 is 0 Å². The third kappa shape index (κ3) is 7.38. The molecule has 10 heteroatoms. The normalized spacial score (nSPS) is 12.5. The first-order chi connectivity index (χ1) is 12.0. The van der Waals surface area contributed by atoms with Crippen molar-refractivity contribution in [2.75, 3.05) is 13.1 Å². The molecule has 0 heterocycles. The highest BCUT2D eigenvalue weighted by Gasteiger charge is 2.31. The largest absolute Gasteiger partial charge is 0.416 e. The van der Waals surface area contributed by atoms with Crippen molar-refractivity contribution in [1.29, 1.82) is 0 Å². The number of nitrogens with two attached hydrogens (primary N) is 1. The van der Waals surface area contributed by atoms with Crippen LogP contribution in [0.15, 0.2) is 18.2 Å². The van der Waals surface area contributed by atoms with E-state index in [4.69, 9.17) is 29.6 Å². The predicted molar refractivity (Wildman–Crippen MR) is 102 cm³/mol. The van der Waals surface area contributed by atoms with E-state index in [0.29, 0.717) is 6.42 Å². The van der Waals surface area contributed by atoms with Gasteiger partial charge in [-0.3, -0.25) is 0 Å². The smallest absolute Gasteiger partial charge is 0.392 e. The van der Waals surface area contributed by atoms with Crippen molar-refractivity contribution >= 4 is 38.8 Å². The SMILES string of the molecule is CCCCCCN(CC(N)=S)S(=O)(=O)Cc1ccc(C(F)(F)F)cc1Cl. The van der Waals surface area contributed by atoms with Crippen LogP contribution in [-0.2, 0) is 22.0 Å². The summed E-state index contributed by atoms with van der Waals surface area (Å²) in [6.45, 7) is 2.18. The highest BCUT2D eigenvalue weighted by atomic mass is 35.5. The Bertz CT molecular complexity index is 725. The fourth-order valence-electron chi connectivity index (χ4n) is 2.33. The molecule has 4 nitrogen and oxygen atoms in total. The number of thiocarbonyl (C=S) groups is 1. The summed E-state index contributed by atoms with van der Waals surface area (Å²) in [4.78, 5) is 0.0302. The molecule has 2 N–H and O–H groups in total. The number of sulfonamides is 1. The summed E-state index contributed by atoms with van der Waals surface area (Å²) < 4.78 is 64.6. The number of hydrogen-bond donors (Lipinski definition) is 1. The van der Waals surface area contributed by atoms with Crippen LogP contribution in [0.1, 0.15) is 43.7 Å². The van der Waals surface area contributed by atoms with E-state index in [1.807, 2.05) is 6.92 Å². The summed E-state index contributed by atoms with van der Waals surface area (Å²) in [7, 11) is -3.83. The predicted octanol–water partition coefficient (Wildman–Crippen LogP) is 4.36. The zero-order valence-electron chi connectivity index (χ0n) is 14.4. The summed E-state index contributed by atoms with van der Waals surface area (Å²) in [5.41, 5.74) is 4.66. The molecule has 0 aliphatic heterocycles. The summed E-state index contributed by atoms with van der Waals surface area (Å²) >= 11 is 10.7. The maximum Gasteiger partial charge on any atom is 0.416 e. The molecule has 148 valence electrons. The van der Waals surface area contributed by atoms with Crippen molar-refractivity contribution < 1.29 is 21.6 Å². The van der Waals surface area contributed by atoms with Crippen LogP contribution in [0.25, 0.3) is 0 Å². The zero-order valence-corrected chi connectivity index (χ0v) is 16.7. The number of hydrogen-bond acceptors (Lipinski definition) is 3. The average Bonchev–Trinajstić information content (AvgIpc) is 2.50. The molecule has 0 aliphatic rings. The van der Waals surface area contributed by atoms with Crippen LogP contribution in [0.4, 0.5) is 13.2 Å². The van der Waals surface area contributed by atoms with Crippen molar-refractivity contribution in [2.24, 2.45) is 5.73 Å². The maximum atomic E-state index is 12.7. The molecule has 0 spiro atoms. The average molecular weight is 431 g/mol. The first-order valence-electron chi connectivity index (χ1n) is 8.09. The Balaban J connectivity index is 2.96. The molecule has 26 heavy (non-hydrogen) atoms. The maximum absolute atomic E-state index is 12.7. The highest BCUT2D eigenvalue weighted by molar-refractivity contribution is 7.88. The van der Waals surface area contributed by atoms with Gasteiger partial charge in [0.05, 0.1) is 22.8 Å². The fraction of sp³-hybridized carbons (Fsp3) is 0.562. The minimum absolute atomic E-state index is 0.0302. The molecule has 0 saturated carbocycles. The molecule has 0 radical (unpaired) electrons. The lowest BCUT2D eigenvalue weighted by Gasteiger charge is -2.22. The van der Waals surface area contributed by atoms with Crippen LogP contribution in [0.5, 0.6) is 0 Å². The summed E-state index contributed by atoms with van der Waals surface area (Å²) in [5, 5.41) is -0.246. The standard InChI is InChI=1S/C16H22ClF3N2O2S2/c1-2-3-4-5-8-22(10-15(21)25)26(23,24)11-12-6-7-13(9-14(12)17)16(18,19)20/h6-7,9H,2-5,8,10-11H2,1H3,(H2,21,25). The second-order valence-corrected chi connectivity index (χ2v) is 8.82. The number of benzene rings is 1. The van der Waals surface area contributed by atoms with Crippen LogP contribution < -0.4 is 5.73 Å². The third-order valence-corrected chi connectivity index (χ3v) is 5.96. The van der Waals surface area contributed by atoms with E-state index in [-0.39, 0.29) is 28.7 Å². The quantitative estimate of drug-likeness (QED) is 0.442. The van der Waals surface area contributed by atoms with Gasteiger partial charge >= 0.3 is 6.18 Å². The Morgan fingerprint density at radius 1 is 1.27 bits per heavy atom. The van der Waals surface area contributed by atoms with Gasteiger partial charge < -0.3 is 5.73 Å². The van der Waals surface area contributed by atoms with Crippen molar-refractivity contribution in [3.63, 3.8) is 0 Å². The van der Waals surface area contributed by atoms with Crippen LogP contribution in [0, 0.1) is 0 Å².